The van der Waals surface area contributed by atoms with Gasteiger partial charge < -0.3 is 4.90 Å². The summed E-state index contributed by atoms with van der Waals surface area (Å²) in [5.74, 6) is 0.390. The number of benzene rings is 2. The summed E-state index contributed by atoms with van der Waals surface area (Å²) in [6.07, 6.45) is 2.02. The van der Waals surface area contributed by atoms with Crippen LogP contribution in [-0.2, 0) is 11.2 Å². The minimum Gasteiger partial charge on any atom is -0.311 e. The molecule has 0 unspecified atom stereocenters. The predicted molar refractivity (Wildman–Crippen MR) is 102 cm³/mol. The topological polar surface area (TPSA) is 63.9 Å². The molecule has 132 valence electrons. The standard InChI is InChI=1S/C19H19N5OS/c1-14-6-4-9-16(12-14)24-19(20-21-22-24)26-13-18(25)23-11-5-8-15-7-2-3-10-17(15)23/h2-4,6-7,9-10,12H,5,8,11,13H2,1H3. The molecule has 4 rings (SSSR count). The van der Waals surface area contributed by atoms with Gasteiger partial charge in [0, 0.05) is 12.2 Å². The minimum absolute atomic E-state index is 0.0842. The molecule has 1 aliphatic heterocycles. The van der Waals surface area contributed by atoms with Crippen molar-refractivity contribution in [2.45, 2.75) is 24.9 Å². The van der Waals surface area contributed by atoms with Gasteiger partial charge in [-0.25, -0.2) is 0 Å². The number of rotatable bonds is 4. The Bertz CT molecular complexity index is 939. The van der Waals surface area contributed by atoms with Gasteiger partial charge in [-0.2, -0.15) is 4.68 Å². The van der Waals surface area contributed by atoms with E-state index < -0.39 is 0 Å². The zero-order valence-electron chi connectivity index (χ0n) is 14.5. The van der Waals surface area contributed by atoms with Crippen LogP contribution in [0.25, 0.3) is 5.69 Å². The zero-order chi connectivity index (χ0) is 17.9. The lowest BCUT2D eigenvalue weighted by atomic mass is 10.0. The number of aromatic nitrogens is 4. The average Bonchev–Trinajstić information content (AvgIpc) is 3.14. The Morgan fingerprint density at radius 3 is 2.96 bits per heavy atom. The lowest BCUT2D eigenvalue weighted by Gasteiger charge is -2.29. The SMILES string of the molecule is Cc1cccc(-n2nnnc2SCC(=O)N2CCCc3ccccc32)c1. The second kappa shape index (κ2) is 7.29. The second-order valence-corrected chi connectivity index (χ2v) is 7.22. The van der Waals surface area contributed by atoms with Gasteiger partial charge in [0.1, 0.15) is 0 Å². The fraction of sp³-hybridized carbons (Fsp3) is 0.263. The van der Waals surface area contributed by atoms with Gasteiger partial charge in [-0.1, -0.05) is 42.1 Å². The first-order valence-electron chi connectivity index (χ1n) is 8.59. The van der Waals surface area contributed by atoms with Crippen LogP contribution in [0.15, 0.2) is 53.7 Å². The number of hydrogen-bond acceptors (Lipinski definition) is 5. The van der Waals surface area contributed by atoms with Crippen molar-refractivity contribution in [2.24, 2.45) is 0 Å². The molecule has 0 aliphatic carbocycles. The van der Waals surface area contributed by atoms with Crippen molar-refractivity contribution < 1.29 is 4.79 Å². The molecule has 26 heavy (non-hydrogen) atoms. The van der Waals surface area contributed by atoms with E-state index in [1.54, 1.807) is 4.68 Å². The summed E-state index contributed by atoms with van der Waals surface area (Å²) in [4.78, 5) is 14.7. The number of aryl methyl sites for hydroxylation is 2. The average molecular weight is 365 g/mol. The Hall–Kier alpha value is -2.67. The molecule has 0 spiro atoms. The molecular weight excluding hydrogens is 346 g/mol. The number of thioether (sulfide) groups is 1. The van der Waals surface area contributed by atoms with E-state index in [0.29, 0.717) is 10.9 Å². The zero-order valence-corrected chi connectivity index (χ0v) is 15.3. The van der Waals surface area contributed by atoms with Gasteiger partial charge in [-0.15, -0.1) is 5.10 Å². The van der Waals surface area contributed by atoms with Gasteiger partial charge in [-0.05, 0) is 59.5 Å². The maximum atomic E-state index is 12.8. The number of nitrogens with zero attached hydrogens (tertiary/aromatic N) is 5. The van der Waals surface area contributed by atoms with Crippen molar-refractivity contribution in [1.29, 1.82) is 0 Å². The number of tetrazole rings is 1. The van der Waals surface area contributed by atoms with Crippen LogP contribution in [0, 0.1) is 6.92 Å². The lowest BCUT2D eigenvalue weighted by molar-refractivity contribution is -0.116. The first-order chi connectivity index (χ1) is 12.7. The molecule has 0 fully saturated rings. The smallest absolute Gasteiger partial charge is 0.237 e. The van der Waals surface area contributed by atoms with E-state index in [1.807, 2.05) is 54.3 Å². The lowest BCUT2D eigenvalue weighted by Crippen LogP contribution is -2.36. The summed E-state index contributed by atoms with van der Waals surface area (Å²) in [7, 11) is 0. The molecule has 1 aliphatic rings. The fourth-order valence-electron chi connectivity index (χ4n) is 3.19. The van der Waals surface area contributed by atoms with Gasteiger partial charge in [0.05, 0.1) is 11.4 Å². The van der Waals surface area contributed by atoms with Gasteiger partial charge in [-0.3, -0.25) is 4.79 Å². The molecule has 1 aromatic heterocycles. The van der Waals surface area contributed by atoms with E-state index in [4.69, 9.17) is 0 Å². The molecule has 6 nitrogen and oxygen atoms in total. The van der Waals surface area contributed by atoms with Gasteiger partial charge in [0.25, 0.3) is 0 Å². The highest BCUT2D eigenvalue weighted by Crippen LogP contribution is 2.28. The van der Waals surface area contributed by atoms with E-state index in [0.717, 1.165) is 36.3 Å². The molecule has 0 saturated carbocycles. The highest BCUT2D eigenvalue weighted by molar-refractivity contribution is 7.99. The molecule has 3 aromatic rings. The van der Waals surface area contributed by atoms with Crippen LogP contribution in [0.1, 0.15) is 17.5 Å². The van der Waals surface area contributed by atoms with E-state index in [2.05, 4.69) is 21.6 Å². The minimum atomic E-state index is 0.0842. The van der Waals surface area contributed by atoms with Crippen LogP contribution in [0.5, 0.6) is 0 Å². The van der Waals surface area contributed by atoms with Gasteiger partial charge >= 0.3 is 0 Å². The number of fused-ring (bicyclic) bond motifs is 1. The van der Waals surface area contributed by atoms with Crippen molar-refractivity contribution in [3.8, 4) is 5.69 Å². The molecule has 0 bridgehead atoms. The van der Waals surface area contributed by atoms with Crippen LogP contribution >= 0.6 is 11.8 Å². The van der Waals surface area contributed by atoms with Crippen molar-refractivity contribution in [2.75, 3.05) is 17.2 Å². The van der Waals surface area contributed by atoms with E-state index >= 15 is 0 Å². The van der Waals surface area contributed by atoms with E-state index in [1.165, 1.54) is 17.3 Å². The van der Waals surface area contributed by atoms with Crippen LogP contribution < -0.4 is 4.90 Å². The fourth-order valence-corrected chi connectivity index (χ4v) is 3.95. The van der Waals surface area contributed by atoms with Crippen molar-refractivity contribution in [3.63, 3.8) is 0 Å². The molecule has 2 heterocycles. The molecule has 0 saturated heterocycles. The van der Waals surface area contributed by atoms with Crippen LogP contribution in [0.3, 0.4) is 0 Å². The number of anilines is 1. The van der Waals surface area contributed by atoms with Gasteiger partial charge in [0.15, 0.2) is 0 Å². The molecule has 7 heteroatoms. The number of carbonyl (C=O) groups is 1. The van der Waals surface area contributed by atoms with E-state index in [-0.39, 0.29) is 5.91 Å². The van der Waals surface area contributed by atoms with E-state index in [9.17, 15) is 4.79 Å². The summed E-state index contributed by atoms with van der Waals surface area (Å²) in [6.45, 7) is 2.79. The molecule has 0 radical (unpaired) electrons. The van der Waals surface area contributed by atoms with Crippen LogP contribution in [0.4, 0.5) is 5.69 Å². The number of amides is 1. The number of hydrogen-bond donors (Lipinski definition) is 0. The Morgan fingerprint density at radius 1 is 1.19 bits per heavy atom. The molecule has 0 atom stereocenters. The summed E-state index contributed by atoms with van der Waals surface area (Å²) < 4.78 is 1.68. The first kappa shape index (κ1) is 16.8. The summed E-state index contributed by atoms with van der Waals surface area (Å²) in [5, 5.41) is 12.5. The monoisotopic (exact) mass is 365 g/mol. The first-order valence-corrected chi connectivity index (χ1v) is 9.57. The molecule has 2 aromatic carbocycles. The molecule has 0 N–H and O–H groups in total. The van der Waals surface area contributed by atoms with Crippen LogP contribution in [-0.4, -0.2) is 38.4 Å². The maximum absolute atomic E-state index is 12.8. The Morgan fingerprint density at radius 2 is 2.08 bits per heavy atom. The quantitative estimate of drug-likeness (QED) is 0.665. The Balaban J connectivity index is 1.49. The number of para-hydroxylation sites is 1. The molecule has 1 amide bonds. The second-order valence-electron chi connectivity index (χ2n) is 6.28. The largest absolute Gasteiger partial charge is 0.311 e. The third-order valence-electron chi connectivity index (χ3n) is 4.42. The summed E-state index contributed by atoms with van der Waals surface area (Å²) in [6, 6.07) is 16.1. The molecular formula is C19H19N5OS. The normalized spacial score (nSPS) is 13.5. The predicted octanol–water partition coefficient (Wildman–Crippen LogP) is 3.04. The van der Waals surface area contributed by atoms with Crippen molar-refractivity contribution >= 4 is 23.4 Å². The third kappa shape index (κ3) is 3.35. The third-order valence-corrected chi connectivity index (χ3v) is 5.33. The van der Waals surface area contributed by atoms with Gasteiger partial charge in [0.2, 0.25) is 11.1 Å². The summed E-state index contributed by atoms with van der Waals surface area (Å²) >= 11 is 1.37. The Kier molecular flexibility index (Phi) is 4.71. The highest BCUT2D eigenvalue weighted by Gasteiger charge is 2.23. The summed E-state index contributed by atoms with van der Waals surface area (Å²) in [5.41, 5.74) is 4.30. The number of carbonyl (C=O) groups excluding carboxylic acids is 1. The Labute approximate surface area is 156 Å². The van der Waals surface area contributed by atoms with Crippen molar-refractivity contribution in [3.05, 3.63) is 59.7 Å². The van der Waals surface area contributed by atoms with Crippen LogP contribution in [0.2, 0.25) is 0 Å². The van der Waals surface area contributed by atoms with Crippen molar-refractivity contribution in [1.82, 2.24) is 20.2 Å². The maximum Gasteiger partial charge on any atom is 0.237 e. The highest BCUT2D eigenvalue weighted by atomic mass is 32.2.